The van der Waals surface area contributed by atoms with Crippen molar-refractivity contribution in [2.75, 3.05) is 14.1 Å². The Balaban J connectivity index is 2.21. The molecule has 3 atom stereocenters. The second-order valence-electron chi connectivity index (χ2n) is 5.78. The molecule has 1 heterocycles. The predicted octanol–water partition coefficient (Wildman–Crippen LogP) is 1.85. The van der Waals surface area contributed by atoms with Crippen LogP contribution in [0.3, 0.4) is 0 Å². The van der Waals surface area contributed by atoms with E-state index in [9.17, 15) is 0 Å². The lowest BCUT2D eigenvalue weighted by Crippen LogP contribution is -2.39. The molecule has 88 valence electrons. The van der Waals surface area contributed by atoms with Gasteiger partial charge in [0.1, 0.15) is 0 Å². The van der Waals surface area contributed by atoms with E-state index < -0.39 is 0 Å². The standard InChI is InChI=1S/C12H22BN3/c1-12(13)7-5-4-6-9-10(8-12)16(3)11(14)15(9)2/h9-10,14H,4-8H2,1-3H3. The number of hydrogen-bond donors (Lipinski definition) is 1. The number of guanidine groups is 1. The van der Waals surface area contributed by atoms with Crippen molar-refractivity contribution in [3.8, 4) is 0 Å². The number of fused-ring (bicyclic) bond motifs is 1. The van der Waals surface area contributed by atoms with Gasteiger partial charge in [0.25, 0.3) is 0 Å². The van der Waals surface area contributed by atoms with Gasteiger partial charge in [-0.15, -0.1) is 0 Å². The highest BCUT2D eigenvalue weighted by molar-refractivity contribution is 6.14. The largest absolute Gasteiger partial charge is 0.341 e. The average Bonchev–Trinajstić information content (AvgIpc) is 2.37. The molecule has 0 amide bonds. The van der Waals surface area contributed by atoms with Crippen LogP contribution >= 0.6 is 0 Å². The van der Waals surface area contributed by atoms with Gasteiger partial charge in [-0.2, -0.15) is 0 Å². The molecule has 4 heteroatoms. The van der Waals surface area contributed by atoms with Crippen molar-refractivity contribution < 1.29 is 0 Å². The molecule has 0 aromatic heterocycles. The van der Waals surface area contributed by atoms with E-state index in [0.717, 1.165) is 12.8 Å². The monoisotopic (exact) mass is 219 g/mol. The van der Waals surface area contributed by atoms with Crippen molar-refractivity contribution in [1.29, 1.82) is 5.41 Å². The summed E-state index contributed by atoms with van der Waals surface area (Å²) in [7, 11) is 10.4. The zero-order valence-electron chi connectivity index (χ0n) is 10.7. The van der Waals surface area contributed by atoms with Crippen LogP contribution in [0.5, 0.6) is 0 Å². The molecule has 3 nitrogen and oxygen atoms in total. The molecule has 1 saturated heterocycles. The fraction of sp³-hybridized carbons (Fsp3) is 0.917. The van der Waals surface area contributed by atoms with E-state index in [4.69, 9.17) is 13.3 Å². The molecule has 0 bridgehead atoms. The maximum Gasteiger partial charge on any atom is 0.193 e. The van der Waals surface area contributed by atoms with Gasteiger partial charge >= 0.3 is 0 Å². The summed E-state index contributed by atoms with van der Waals surface area (Å²) in [6.07, 6.45) is 5.77. The summed E-state index contributed by atoms with van der Waals surface area (Å²) in [6.45, 7) is 2.16. The normalized spacial score (nSPS) is 40.6. The molecule has 0 aromatic rings. The molecule has 2 radical (unpaired) electrons. The topological polar surface area (TPSA) is 30.3 Å². The van der Waals surface area contributed by atoms with Gasteiger partial charge in [-0.25, -0.2) is 0 Å². The van der Waals surface area contributed by atoms with Crippen LogP contribution < -0.4 is 0 Å². The first-order valence-corrected chi connectivity index (χ1v) is 6.25. The van der Waals surface area contributed by atoms with E-state index in [0.29, 0.717) is 18.0 Å². The SMILES string of the molecule is [B]C1(C)CCCCC2C(C1)N(C)C(=N)N2C. The number of likely N-dealkylation sites (N-methyl/N-ethyl adjacent to an activating group) is 2. The van der Waals surface area contributed by atoms with Crippen molar-refractivity contribution in [2.24, 2.45) is 0 Å². The summed E-state index contributed by atoms with van der Waals surface area (Å²) >= 11 is 0. The van der Waals surface area contributed by atoms with Crippen molar-refractivity contribution in [3.63, 3.8) is 0 Å². The second kappa shape index (κ2) is 3.97. The van der Waals surface area contributed by atoms with Crippen LogP contribution in [0.2, 0.25) is 5.31 Å². The fourth-order valence-corrected chi connectivity index (χ4v) is 3.20. The highest BCUT2D eigenvalue weighted by Crippen LogP contribution is 2.41. The first kappa shape index (κ1) is 11.8. The van der Waals surface area contributed by atoms with E-state index in [2.05, 4.69) is 16.7 Å². The van der Waals surface area contributed by atoms with E-state index in [1.54, 1.807) is 0 Å². The molecule has 16 heavy (non-hydrogen) atoms. The Morgan fingerprint density at radius 3 is 2.56 bits per heavy atom. The van der Waals surface area contributed by atoms with Gasteiger partial charge in [-0.1, -0.05) is 31.5 Å². The molecular weight excluding hydrogens is 197 g/mol. The van der Waals surface area contributed by atoms with Gasteiger partial charge < -0.3 is 9.80 Å². The highest BCUT2D eigenvalue weighted by atomic mass is 15.4. The first-order chi connectivity index (χ1) is 7.42. The fourth-order valence-electron chi connectivity index (χ4n) is 3.20. The molecule has 2 fully saturated rings. The van der Waals surface area contributed by atoms with Gasteiger partial charge in [0.15, 0.2) is 5.96 Å². The number of nitrogens with zero attached hydrogens (tertiary/aromatic N) is 2. The third kappa shape index (κ3) is 1.94. The Labute approximate surface area is 100 Å². The molecule has 1 aliphatic carbocycles. The Kier molecular flexibility index (Phi) is 2.93. The van der Waals surface area contributed by atoms with Crippen LogP contribution in [0, 0.1) is 5.41 Å². The summed E-state index contributed by atoms with van der Waals surface area (Å²) in [5, 5.41) is 7.97. The summed E-state index contributed by atoms with van der Waals surface area (Å²) in [5.41, 5.74) is 0. The minimum atomic E-state index is -0.0664. The van der Waals surface area contributed by atoms with Crippen LogP contribution in [0.4, 0.5) is 0 Å². The van der Waals surface area contributed by atoms with Gasteiger partial charge in [0.05, 0.1) is 19.9 Å². The number of hydrogen-bond acceptors (Lipinski definition) is 1. The molecule has 1 saturated carbocycles. The van der Waals surface area contributed by atoms with Crippen molar-refractivity contribution >= 4 is 13.8 Å². The molecule has 3 unspecified atom stereocenters. The molecule has 0 aromatic carbocycles. The van der Waals surface area contributed by atoms with Crippen molar-refractivity contribution in [1.82, 2.24) is 9.80 Å². The molecule has 1 aliphatic heterocycles. The minimum absolute atomic E-state index is 0.0664. The van der Waals surface area contributed by atoms with Crippen LogP contribution in [0.25, 0.3) is 0 Å². The predicted molar refractivity (Wildman–Crippen MR) is 68.0 cm³/mol. The smallest absolute Gasteiger partial charge is 0.193 e. The Morgan fingerprint density at radius 1 is 1.25 bits per heavy atom. The van der Waals surface area contributed by atoms with Crippen LogP contribution in [0.15, 0.2) is 0 Å². The van der Waals surface area contributed by atoms with E-state index in [-0.39, 0.29) is 5.31 Å². The zero-order valence-corrected chi connectivity index (χ0v) is 10.7. The molecule has 0 spiro atoms. The number of rotatable bonds is 0. The van der Waals surface area contributed by atoms with E-state index in [1.807, 2.05) is 14.1 Å². The molecule has 2 aliphatic rings. The third-order valence-electron chi connectivity index (χ3n) is 4.28. The summed E-state index contributed by atoms with van der Waals surface area (Å²) in [5.74, 6) is 0.646. The molecule has 2 rings (SSSR count). The van der Waals surface area contributed by atoms with Crippen LogP contribution in [0.1, 0.15) is 39.0 Å². The maximum atomic E-state index is 8.04. The number of nitrogens with one attached hydrogen (secondary N) is 1. The van der Waals surface area contributed by atoms with Gasteiger partial charge in [-0.3, -0.25) is 5.41 Å². The second-order valence-corrected chi connectivity index (χ2v) is 5.78. The Bertz CT molecular complexity index is 290. The van der Waals surface area contributed by atoms with Crippen molar-refractivity contribution in [3.05, 3.63) is 0 Å². The Morgan fingerprint density at radius 2 is 1.88 bits per heavy atom. The van der Waals surface area contributed by atoms with Crippen LogP contribution in [-0.2, 0) is 0 Å². The van der Waals surface area contributed by atoms with Gasteiger partial charge in [0, 0.05) is 14.1 Å². The minimum Gasteiger partial charge on any atom is -0.341 e. The van der Waals surface area contributed by atoms with Gasteiger partial charge in [0.2, 0.25) is 0 Å². The Hall–Kier alpha value is -0.665. The third-order valence-corrected chi connectivity index (χ3v) is 4.28. The first-order valence-electron chi connectivity index (χ1n) is 6.25. The maximum absolute atomic E-state index is 8.04. The lowest BCUT2D eigenvalue weighted by Gasteiger charge is -2.36. The van der Waals surface area contributed by atoms with Gasteiger partial charge in [-0.05, 0) is 12.8 Å². The lowest BCUT2D eigenvalue weighted by atomic mass is 9.62. The summed E-state index contributed by atoms with van der Waals surface area (Å²) < 4.78 is 0. The van der Waals surface area contributed by atoms with E-state index in [1.165, 1.54) is 19.3 Å². The molecule has 1 N–H and O–H groups in total. The average molecular weight is 219 g/mol. The van der Waals surface area contributed by atoms with Crippen LogP contribution in [-0.4, -0.2) is 49.8 Å². The lowest BCUT2D eigenvalue weighted by molar-refractivity contribution is 0.229. The van der Waals surface area contributed by atoms with Crippen molar-refractivity contribution in [2.45, 2.75) is 56.4 Å². The van der Waals surface area contributed by atoms with E-state index >= 15 is 0 Å². The molecular formula is C12H22BN3. The quantitative estimate of drug-likeness (QED) is 0.630. The zero-order chi connectivity index (χ0) is 11.9. The summed E-state index contributed by atoms with van der Waals surface area (Å²) in [6, 6.07) is 0.911. The highest BCUT2D eigenvalue weighted by Gasteiger charge is 2.42. The summed E-state index contributed by atoms with van der Waals surface area (Å²) in [4.78, 5) is 4.22.